The van der Waals surface area contributed by atoms with E-state index in [1.165, 1.54) is 16.7 Å². The van der Waals surface area contributed by atoms with Gasteiger partial charge in [-0.25, -0.2) is 4.98 Å². The second-order valence-electron chi connectivity index (χ2n) is 7.00. The monoisotopic (exact) mass is 446 g/mol. The van der Waals surface area contributed by atoms with Gasteiger partial charge in [-0.3, -0.25) is 14.2 Å². The van der Waals surface area contributed by atoms with Crippen molar-refractivity contribution in [2.24, 2.45) is 0 Å². The summed E-state index contributed by atoms with van der Waals surface area (Å²) < 4.78 is 40.3. The van der Waals surface area contributed by atoms with Crippen molar-refractivity contribution in [1.82, 2.24) is 19.9 Å². The third-order valence-electron chi connectivity index (χ3n) is 4.82. The van der Waals surface area contributed by atoms with Crippen LogP contribution in [0.25, 0.3) is 11.0 Å². The number of fused-ring (bicyclic) bond motifs is 1. The lowest BCUT2D eigenvalue weighted by Gasteiger charge is -2.20. The van der Waals surface area contributed by atoms with Crippen LogP contribution in [-0.4, -0.2) is 20.4 Å². The third kappa shape index (κ3) is 4.38. The maximum Gasteiger partial charge on any atom is 0.449 e. The molecule has 0 aliphatic carbocycles. The van der Waals surface area contributed by atoms with Gasteiger partial charge < -0.3 is 10.3 Å². The summed E-state index contributed by atoms with van der Waals surface area (Å²) in [6.07, 6.45) is -4.59. The number of carbonyl (C=O) groups excluding carboxylic acids is 1. The molecular weight excluding hydrogens is 429 g/mol. The number of halogens is 3. The zero-order chi connectivity index (χ0) is 22.2. The minimum Gasteiger partial charge on any atom is -0.344 e. The molecule has 31 heavy (non-hydrogen) atoms. The van der Waals surface area contributed by atoms with Gasteiger partial charge in [-0.05, 0) is 30.2 Å². The van der Waals surface area contributed by atoms with Crippen molar-refractivity contribution in [2.75, 3.05) is 0 Å². The SMILES string of the molecule is Cc1csc(=O)n1CC(=O)NC(c1ccccc1)c1ccc2nc(C(F)(F)F)[nH]c2c1. The van der Waals surface area contributed by atoms with Gasteiger partial charge in [0, 0.05) is 11.1 Å². The van der Waals surface area contributed by atoms with Crippen molar-refractivity contribution in [1.29, 1.82) is 0 Å². The van der Waals surface area contributed by atoms with E-state index in [1.807, 2.05) is 18.2 Å². The Balaban J connectivity index is 1.68. The minimum absolute atomic E-state index is 0.151. The molecule has 0 bridgehead atoms. The lowest BCUT2D eigenvalue weighted by molar-refractivity contribution is -0.144. The minimum atomic E-state index is -4.59. The van der Waals surface area contributed by atoms with Gasteiger partial charge in [-0.1, -0.05) is 47.7 Å². The van der Waals surface area contributed by atoms with E-state index < -0.39 is 23.9 Å². The van der Waals surface area contributed by atoms with E-state index in [0.717, 1.165) is 16.9 Å². The number of imidazole rings is 1. The number of hydrogen-bond donors (Lipinski definition) is 2. The number of nitrogens with zero attached hydrogens (tertiary/aromatic N) is 2. The third-order valence-corrected chi connectivity index (χ3v) is 5.71. The summed E-state index contributed by atoms with van der Waals surface area (Å²) in [6, 6.07) is 13.1. The largest absolute Gasteiger partial charge is 0.449 e. The first-order valence-corrected chi connectivity index (χ1v) is 10.2. The Morgan fingerprint density at radius 2 is 1.94 bits per heavy atom. The van der Waals surface area contributed by atoms with Crippen molar-refractivity contribution in [3.8, 4) is 0 Å². The lowest BCUT2D eigenvalue weighted by Crippen LogP contribution is -2.34. The van der Waals surface area contributed by atoms with Crippen molar-refractivity contribution in [2.45, 2.75) is 25.7 Å². The van der Waals surface area contributed by atoms with Gasteiger partial charge in [-0.15, -0.1) is 0 Å². The second kappa shape index (κ2) is 8.03. The van der Waals surface area contributed by atoms with Crippen molar-refractivity contribution in [3.05, 3.63) is 86.2 Å². The predicted molar refractivity (Wildman–Crippen MR) is 111 cm³/mol. The highest BCUT2D eigenvalue weighted by Gasteiger charge is 2.34. The molecule has 4 aromatic rings. The van der Waals surface area contributed by atoms with Crippen LogP contribution in [0, 0.1) is 6.92 Å². The first-order chi connectivity index (χ1) is 14.7. The number of aryl methyl sites for hydroxylation is 1. The predicted octanol–water partition coefficient (Wildman–Crippen LogP) is 4.02. The summed E-state index contributed by atoms with van der Waals surface area (Å²) in [6.45, 7) is 1.59. The Morgan fingerprint density at radius 1 is 1.19 bits per heavy atom. The molecule has 0 aliphatic rings. The van der Waals surface area contributed by atoms with Gasteiger partial charge in [0.2, 0.25) is 11.7 Å². The van der Waals surface area contributed by atoms with Crippen molar-refractivity contribution < 1.29 is 18.0 Å². The van der Waals surface area contributed by atoms with Gasteiger partial charge in [-0.2, -0.15) is 13.2 Å². The quantitative estimate of drug-likeness (QED) is 0.486. The number of rotatable bonds is 5. The number of benzene rings is 2. The van der Waals surface area contributed by atoms with Gasteiger partial charge in [0.05, 0.1) is 17.1 Å². The summed E-state index contributed by atoms with van der Waals surface area (Å²) in [4.78, 5) is 30.3. The highest BCUT2D eigenvalue weighted by atomic mass is 32.1. The molecule has 1 atom stereocenters. The lowest BCUT2D eigenvalue weighted by atomic mass is 9.98. The molecule has 1 unspecified atom stereocenters. The van der Waals surface area contributed by atoms with Gasteiger partial charge in [0.1, 0.15) is 6.54 Å². The van der Waals surface area contributed by atoms with Crippen molar-refractivity contribution >= 4 is 28.3 Å². The fourth-order valence-electron chi connectivity index (χ4n) is 3.29. The van der Waals surface area contributed by atoms with Gasteiger partial charge in [0.25, 0.3) is 0 Å². The molecule has 160 valence electrons. The van der Waals surface area contributed by atoms with Crippen LogP contribution < -0.4 is 10.2 Å². The number of aromatic amines is 1. The highest BCUT2D eigenvalue weighted by molar-refractivity contribution is 7.07. The van der Waals surface area contributed by atoms with Crippen LogP contribution >= 0.6 is 11.3 Å². The summed E-state index contributed by atoms with van der Waals surface area (Å²) in [7, 11) is 0. The number of carbonyl (C=O) groups is 1. The molecule has 4 rings (SSSR count). The van der Waals surface area contributed by atoms with E-state index in [4.69, 9.17) is 0 Å². The van der Waals surface area contributed by atoms with Crippen LogP contribution in [0.2, 0.25) is 0 Å². The molecule has 2 N–H and O–H groups in total. The zero-order valence-electron chi connectivity index (χ0n) is 16.2. The Morgan fingerprint density at radius 3 is 2.58 bits per heavy atom. The van der Waals surface area contributed by atoms with Gasteiger partial charge in [0.15, 0.2) is 0 Å². The summed E-state index contributed by atoms with van der Waals surface area (Å²) in [5.74, 6) is -1.47. The first-order valence-electron chi connectivity index (χ1n) is 9.28. The van der Waals surface area contributed by atoms with Gasteiger partial charge >= 0.3 is 11.0 Å². The van der Waals surface area contributed by atoms with E-state index in [-0.39, 0.29) is 22.5 Å². The molecule has 2 heterocycles. The molecule has 0 aliphatic heterocycles. The first kappa shape index (κ1) is 20.9. The number of hydrogen-bond acceptors (Lipinski definition) is 4. The van der Waals surface area contributed by atoms with Crippen LogP contribution in [0.3, 0.4) is 0 Å². The van der Waals surface area contributed by atoms with Crippen LogP contribution in [0.5, 0.6) is 0 Å². The number of thiazole rings is 1. The second-order valence-corrected chi connectivity index (χ2v) is 7.82. The Kier molecular flexibility index (Phi) is 5.40. The van der Waals surface area contributed by atoms with E-state index in [9.17, 15) is 22.8 Å². The van der Waals surface area contributed by atoms with Crippen LogP contribution in [-0.2, 0) is 17.5 Å². The maximum atomic E-state index is 13.0. The summed E-state index contributed by atoms with van der Waals surface area (Å²) >= 11 is 1.01. The average molecular weight is 446 g/mol. The number of aromatic nitrogens is 3. The standard InChI is InChI=1S/C21H17F3N4O2S/c1-12-11-31-20(30)28(12)10-17(29)27-18(13-5-3-2-4-6-13)14-7-8-15-16(9-14)26-19(25-15)21(22,23)24/h2-9,11,18H,10H2,1H3,(H,25,26)(H,27,29). The number of amides is 1. The molecule has 6 nitrogen and oxygen atoms in total. The Bertz CT molecular complexity index is 1290. The topological polar surface area (TPSA) is 79.8 Å². The number of alkyl halides is 3. The smallest absolute Gasteiger partial charge is 0.344 e. The van der Waals surface area contributed by atoms with Crippen LogP contribution in [0.4, 0.5) is 13.2 Å². The molecule has 1 amide bonds. The molecule has 0 fully saturated rings. The average Bonchev–Trinajstić information content (AvgIpc) is 3.31. The molecule has 0 saturated carbocycles. The van der Waals surface area contributed by atoms with Crippen molar-refractivity contribution in [3.63, 3.8) is 0 Å². The van der Waals surface area contributed by atoms with E-state index >= 15 is 0 Å². The van der Waals surface area contributed by atoms with Crippen LogP contribution in [0.15, 0.2) is 58.7 Å². The number of nitrogens with one attached hydrogen (secondary N) is 2. The maximum absolute atomic E-state index is 13.0. The number of H-pyrrole nitrogens is 1. The molecule has 0 spiro atoms. The highest BCUT2D eigenvalue weighted by Crippen LogP contribution is 2.30. The Hall–Kier alpha value is -3.40. The van der Waals surface area contributed by atoms with E-state index in [0.29, 0.717) is 11.3 Å². The zero-order valence-corrected chi connectivity index (χ0v) is 17.1. The fourth-order valence-corrected chi connectivity index (χ4v) is 4.03. The molecular formula is C21H17F3N4O2S. The molecule has 2 aromatic carbocycles. The van der Waals surface area contributed by atoms with E-state index in [2.05, 4.69) is 15.3 Å². The summed E-state index contributed by atoms with van der Waals surface area (Å²) in [5, 5.41) is 4.57. The summed E-state index contributed by atoms with van der Waals surface area (Å²) in [5.41, 5.74) is 2.40. The normalized spacial score (nSPS) is 12.8. The molecule has 2 aromatic heterocycles. The molecule has 10 heteroatoms. The molecule has 0 radical (unpaired) electrons. The molecule has 0 saturated heterocycles. The fraction of sp³-hybridized carbons (Fsp3) is 0.190. The van der Waals surface area contributed by atoms with Crippen LogP contribution in [0.1, 0.15) is 28.7 Å². The Labute approximate surface area is 178 Å². The van der Waals surface area contributed by atoms with E-state index in [1.54, 1.807) is 30.5 Å².